The number of fused-ring (bicyclic) bond motifs is 1. The third-order valence-electron chi connectivity index (χ3n) is 3.48. The Morgan fingerprint density at radius 2 is 2.15 bits per heavy atom. The Morgan fingerprint density at radius 3 is 2.85 bits per heavy atom. The minimum absolute atomic E-state index is 0.481. The molecule has 1 aliphatic rings. The largest absolute Gasteiger partial charge is 0.367 e. The molecule has 0 spiro atoms. The van der Waals surface area contributed by atoms with Crippen LogP contribution in [0.5, 0.6) is 0 Å². The van der Waals surface area contributed by atoms with Gasteiger partial charge in [-0.1, -0.05) is 6.92 Å². The van der Waals surface area contributed by atoms with E-state index >= 15 is 0 Å². The summed E-state index contributed by atoms with van der Waals surface area (Å²) in [7, 11) is 0. The van der Waals surface area contributed by atoms with E-state index in [9.17, 15) is 0 Å². The number of hydrogen-bond donors (Lipinski definition) is 3. The number of nitrogens with one attached hydrogen (secondary N) is 2. The molecule has 5 nitrogen and oxygen atoms in total. The lowest BCUT2D eigenvalue weighted by atomic mass is 10.1. The average molecular weight is 309 g/mol. The second kappa shape index (κ2) is 6.15. The average Bonchev–Trinajstić information content (AvgIpc) is 2.91. The molecule has 7 heteroatoms. The smallest absolute Gasteiger partial charge is 0.240 e. The van der Waals surface area contributed by atoms with Gasteiger partial charge in [-0.25, -0.2) is 10.8 Å². The van der Waals surface area contributed by atoms with Crippen molar-refractivity contribution in [3.05, 3.63) is 10.9 Å². The zero-order valence-corrected chi connectivity index (χ0v) is 13.1. The van der Waals surface area contributed by atoms with Crippen molar-refractivity contribution in [1.29, 1.82) is 0 Å². The Balaban J connectivity index is 1.95. The van der Waals surface area contributed by atoms with Crippen LogP contribution < -0.4 is 16.6 Å². The predicted octanol–water partition coefficient (Wildman–Crippen LogP) is 2.85. The van der Waals surface area contributed by atoms with Gasteiger partial charge < -0.3 is 5.32 Å². The van der Waals surface area contributed by atoms with E-state index in [1.165, 1.54) is 29.2 Å². The Labute approximate surface area is 126 Å². The van der Waals surface area contributed by atoms with Gasteiger partial charge in [0.15, 0.2) is 0 Å². The second-order valence-corrected chi connectivity index (χ2v) is 7.20. The molecule has 0 radical (unpaired) electrons. The minimum Gasteiger partial charge on any atom is -0.367 e. The molecular formula is C13H19N5S2. The van der Waals surface area contributed by atoms with E-state index in [0.29, 0.717) is 12.0 Å². The number of hydrazine groups is 1. The van der Waals surface area contributed by atoms with Gasteiger partial charge in [-0.15, -0.1) is 11.3 Å². The van der Waals surface area contributed by atoms with Gasteiger partial charge in [0.05, 0.1) is 5.39 Å². The number of anilines is 2. The summed E-state index contributed by atoms with van der Waals surface area (Å²) in [5.41, 5.74) is 2.56. The topological polar surface area (TPSA) is 75.9 Å². The molecule has 108 valence electrons. The van der Waals surface area contributed by atoms with Gasteiger partial charge in [0.1, 0.15) is 10.6 Å². The molecule has 2 aromatic rings. The first-order chi connectivity index (χ1) is 9.80. The van der Waals surface area contributed by atoms with Gasteiger partial charge in [-0.05, 0) is 36.8 Å². The van der Waals surface area contributed by atoms with Crippen molar-refractivity contribution in [2.75, 3.05) is 22.2 Å². The number of nitrogens with zero attached hydrogens (tertiary/aromatic N) is 2. The van der Waals surface area contributed by atoms with E-state index in [1.54, 1.807) is 11.3 Å². The highest BCUT2D eigenvalue weighted by Crippen LogP contribution is 2.31. The molecule has 3 rings (SSSR count). The first kappa shape index (κ1) is 13.9. The van der Waals surface area contributed by atoms with Crippen LogP contribution >= 0.6 is 23.1 Å². The number of nitrogen functional groups attached to an aromatic ring is 1. The predicted molar refractivity (Wildman–Crippen MR) is 88.6 cm³/mol. The van der Waals surface area contributed by atoms with Crippen molar-refractivity contribution in [2.24, 2.45) is 5.84 Å². The van der Waals surface area contributed by atoms with Crippen LogP contribution in [0.3, 0.4) is 0 Å². The third-order valence-corrected chi connectivity index (χ3v) is 5.71. The fourth-order valence-corrected chi connectivity index (χ4v) is 4.43. The monoisotopic (exact) mass is 309 g/mol. The molecule has 1 fully saturated rings. The number of hydrogen-bond acceptors (Lipinski definition) is 7. The van der Waals surface area contributed by atoms with Crippen LogP contribution in [-0.2, 0) is 6.42 Å². The van der Waals surface area contributed by atoms with Crippen molar-refractivity contribution < 1.29 is 0 Å². The second-order valence-electron chi connectivity index (χ2n) is 4.86. The molecule has 0 aromatic carbocycles. The number of aromatic nitrogens is 2. The van der Waals surface area contributed by atoms with Crippen LogP contribution in [0.4, 0.5) is 11.8 Å². The number of nitrogens with two attached hydrogens (primary N) is 1. The lowest BCUT2D eigenvalue weighted by Crippen LogP contribution is -2.25. The van der Waals surface area contributed by atoms with Crippen molar-refractivity contribution in [1.82, 2.24) is 9.97 Å². The molecule has 0 amide bonds. The van der Waals surface area contributed by atoms with Crippen molar-refractivity contribution in [2.45, 2.75) is 32.2 Å². The van der Waals surface area contributed by atoms with Crippen molar-refractivity contribution in [3.63, 3.8) is 0 Å². The number of thiophene rings is 1. The van der Waals surface area contributed by atoms with Gasteiger partial charge in [0.25, 0.3) is 0 Å². The summed E-state index contributed by atoms with van der Waals surface area (Å²) >= 11 is 3.74. The van der Waals surface area contributed by atoms with Gasteiger partial charge in [0, 0.05) is 10.9 Å². The zero-order valence-electron chi connectivity index (χ0n) is 11.5. The highest BCUT2D eigenvalue weighted by atomic mass is 32.2. The molecule has 0 atom stereocenters. The molecule has 1 aliphatic heterocycles. The third kappa shape index (κ3) is 2.84. The SMILES string of the molecule is CCc1cc2c(NC3CCSCC3)nc(NN)nc2s1. The molecule has 4 N–H and O–H groups in total. The fourth-order valence-electron chi connectivity index (χ4n) is 2.36. The standard InChI is InChI=1S/C13H19N5S2/c1-2-9-7-10-11(15-8-3-5-19-6-4-8)16-13(18-14)17-12(10)20-9/h7-8H,2-6,14H2,1H3,(H2,15,16,17,18). The van der Waals surface area contributed by atoms with Gasteiger partial charge in [-0.3, -0.25) is 5.43 Å². The van der Waals surface area contributed by atoms with E-state index in [4.69, 9.17) is 5.84 Å². The van der Waals surface area contributed by atoms with Crippen LogP contribution in [0, 0.1) is 0 Å². The van der Waals surface area contributed by atoms with Crippen LogP contribution in [0.1, 0.15) is 24.6 Å². The van der Waals surface area contributed by atoms with E-state index in [2.05, 4.69) is 33.7 Å². The van der Waals surface area contributed by atoms with Crippen LogP contribution in [0.15, 0.2) is 6.07 Å². The minimum atomic E-state index is 0.481. The molecule has 1 saturated heterocycles. The highest BCUT2D eigenvalue weighted by Gasteiger charge is 2.17. The lowest BCUT2D eigenvalue weighted by molar-refractivity contribution is 0.664. The molecule has 0 bridgehead atoms. The normalized spacial score (nSPS) is 16.5. The number of aryl methyl sites for hydroxylation is 1. The zero-order chi connectivity index (χ0) is 13.9. The molecule has 2 aromatic heterocycles. The quantitative estimate of drug-likeness (QED) is 0.595. The highest BCUT2D eigenvalue weighted by molar-refractivity contribution is 7.99. The summed E-state index contributed by atoms with van der Waals surface area (Å²) in [5, 5.41) is 4.70. The summed E-state index contributed by atoms with van der Waals surface area (Å²) in [6.07, 6.45) is 3.39. The number of thioether (sulfide) groups is 1. The van der Waals surface area contributed by atoms with Gasteiger partial charge in [-0.2, -0.15) is 16.7 Å². The summed E-state index contributed by atoms with van der Waals surface area (Å²) in [4.78, 5) is 11.3. The summed E-state index contributed by atoms with van der Waals surface area (Å²) in [6.45, 7) is 2.16. The van der Waals surface area contributed by atoms with Crippen molar-refractivity contribution in [3.8, 4) is 0 Å². The molecule has 0 unspecified atom stereocenters. The van der Waals surface area contributed by atoms with Crippen LogP contribution in [0.25, 0.3) is 10.2 Å². The summed E-state index contributed by atoms with van der Waals surface area (Å²) < 4.78 is 0. The maximum Gasteiger partial charge on any atom is 0.240 e. The Morgan fingerprint density at radius 1 is 1.35 bits per heavy atom. The van der Waals surface area contributed by atoms with Crippen molar-refractivity contribution >= 4 is 45.1 Å². The van der Waals surface area contributed by atoms with E-state index in [1.807, 2.05) is 11.8 Å². The Hall–Kier alpha value is -1.05. The Bertz CT molecular complexity index is 592. The lowest BCUT2D eigenvalue weighted by Gasteiger charge is -2.23. The van der Waals surface area contributed by atoms with Gasteiger partial charge in [0.2, 0.25) is 5.95 Å². The van der Waals surface area contributed by atoms with E-state index in [0.717, 1.165) is 22.5 Å². The fraction of sp³-hybridized carbons (Fsp3) is 0.538. The summed E-state index contributed by atoms with van der Waals surface area (Å²) in [6, 6.07) is 2.70. The molecule has 0 saturated carbocycles. The summed E-state index contributed by atoms with van der Waals surface area (Å²) in [5.74, 6) is 9.31. The van der Waals surface area contributed by atoms with Crippen LogP contribution in [-0.4, -0.2) is 27.5 Å². The van der Waals surface area contributed by atoms with Crippen LogP contribution in [0.2, 0.25) is 0 Å². The maximum atomic E-state index is 5.48. The number of rotatable bonds is 4. The van der Waals surface area contributed by atoms with E-state index in [-0.39, 0.29) is 0 Å². The molecule has 0 aliphatic carbocycles. The van der Waals surface area contributed by atoms with Gasteiger partial charge >= 0.3 is 0 Å². The first-order valence-electron chi connectivity index (χ1n) is 6.91. The maximum absolute atomic E-state index is 5.48. The molecular weight excluding hydrogens is 290 g/mol. The Kier molecular flexibility index (Phi) is 4.28. The first-order valence-corrected chi connectivity index (χ1v) is 8.88. The molecule has 20 heavy (non-hydrogen) atoms. The van der Waals surface area contributed by atoms with E-state index < -0.39 is 0 Å². The molecule has 3 heterocycles.